The number of benzene rings is 1. The van der Waals surface area contributed by atoms with E-state index in [0.717, 1.165) is 29.0 Å². The molecule has 1 aromatic heterocycles. The molecular formula is C17H22N2OS. The Morgan fingerprint density at radius 3 is 2.76 bits per heavy atom. The van der Waals surface area contributed by atoms with E-state index in [1.807, 2.05) is 28.8 Å². The fourth-order valence-electron chi connectivity index (χ4n) is 2.91. The lowest BCUT2D eigenvalue weighted by molar-refractivity contribution is 0.0911. The number of para-hydroxylation sites is 2. The smallest absolute Gasteiger partial charge is 0.246 e. The molecule has 1 aromatic carbocycles. The average molecular weight is 302 g/mol. The molecule has 1 atom stereocenters. The van der Waals surface area contributed by atoms with Crippen LogP contribution in [0.15, 0.2) is 29.4 Å². The van der Waals surface area contributed by atoms with Crippen molar-refractivity contribution in [1.29, 1.82) is 0 Å². The molecule has 112 valence electrons. The zero-order valence-corrected chi connectivity index (χ0v) is 13.4. The minimum absolute atomic E-state index is 0.0725. The summed E-state index contributed by atoms with van der Waals surface area (Å²) in [6, 6.07) is 7.89. The highest BCUT2D eigenvalue weighted by molar-refractivity contribution is 8.00. The number of hydrogen-bond donors (Lipinski definition) is 0. The van der Waals surface area contributed by atoms with Crippen LogP contribution >= 0.6 is 11.8 Å². The number of fused-ring (bicyclic) bond motifs is 3. The van der Waals surface area contributed by atoms with Gasteiger partial charge in [0.15, 0.2) is 5.16 Å². The van der Waals surface area contributed by atoms with Crippen LogP contribution in [0.5, 0.6) is 0 Å². The molecule has 0 radical (unpaired) electrons. The molecule has 21 heavy (non-hydrogen) atoms. The maximum absolute atomic E-state index is 12.5. The van der Waals surface area contributed by atoms with Gasteiger partial charge in [-0.05, 0) is 18.6 Å². The van der Waals surface area contributed by atoms with E-state index >= 15 is 0 Å². The molecule has 2 aromatic rings. The monoisotopic (exact) mass is 302 g/mol. The molecule has 0 saturated heterocycles. The van der Waals surface area contributed by atoms with Crippen molar-refractivity contribution in [1.82, 2.24) is 9.55 Å². The summed E-state index contributed by atoms with van der Waals surface area (Å²) in [5.74, 6) is 0.220. The van der Waals surface area contributed by atoms with Gasteiger partial charge in [-0.15, -0.1) is 0 Å². The largest absolute Gasteiger partial charge is 0.273 e. The molecule has 3 rings (SSSR count). The summed E-state index contributed by atoms with van der Waals surface area (Å²) in [6.07, 6.45) is 8.61. The molecule has 0 spiro atoms. The van der Waals surface area contributed by atoms with Gasteiger partial charge in [0.05, 0.1) is 16.3 Å². The lowest BCUT2D eigenvalue weighted by atomic mass is 10.1. The van der Waals surface area contributed by atoms with Crippen LogP contribution in [0.1, 0.15) is 56.7 Å². The Kier molecular flexibility index (Phi) is 4.63. The Morgan fingerprint density at radius 2 is 1.90 bits per heavy atom. The van der Waals surface area contributed by atoms with E-state index in [0.29, 0.717) is 0 Å². The number of imidazole rings is 1. The fraction of sp³-hybridized carbons (Fsp3) is 0.529. The summed E-state index contributed by atoms with van der Waals surface area (Å²) >= 11 is 1.64. The summed E-state index contributed by atoms with van der Waals surface area (Å²) < 4.78 is 1.81. The second-order valence-corrected chi connectivity index (χ2v) is 6.89. The normalized spacial score (nSPS) is 17.6. The molecule has 0 fully saturated rings. The summed E-state index contributed by atoms with van der Waals surface area (Å²) in [5.41, 5.74) is 1.88. The topological polar surface area (TPSA) is 34.9 Å². The molecule has 0 saturated carbocycles. The van der Waals surface area contributed by atoms with Crippen LogP contribution < -0.4 is 0 Å². The summed E-state index contributed by atoms with van der Waals surface area (Å²) in [4.78, 5) is 17.1. The number of carbonyl (C=O) groups is 1. The predicted molar refractivity (Wildman–Crippen MR) is 88.0 cm³/mol. The molecule has 1 aliphatic rings. The molecule has 2 heterocycles. The minimum Gasteiger partial charge on any atom is -0.273 e. The Balaban J connectivity index is 1.57. The van der Waals surface area contributed by atoms with E-state index < -0.39 is 0 Å². The molecule has 0 aliphatic carbocycles. The molecular weight excluding hydrogens is 280 g/mol. The van der Waals surface area contributed by atoms with E-state index in [9.17, 15) is 4.79 Å². The summed E-state index contributed by atoms with van der Waals surface area (Å²) in [7, 11) is 0. The van der Waals surface area contributed by atoms with Crippen molar-refractivity contribution in [3.8, 4) is 0 Å². The first-order chi connectivity index (χ1) is 10.3. The number of hydrogen-bond acceptors (Lipinski definition) is 3. The van der Waals surface area contributed by atoms with Gasteiger partial charge in [0, 0.05) is 0 Å². The number of rotatable bonds is 7. The maximum atomic E-state index is 12.5. The van der Waals surface area contributed by atoms with Crippen molar-refractivity contribution in [2.45, 2.75) is 62.3 Å². The number of aromatic nitrogens is 2. The Bertz CT molecular complexity index is 635. The highest BCUT2D eigenvalue weighted by Gasteiger charge is 2.33. The van der Waals surface area contributed by atoms with E-state index in [-0.39, 0.29) is 11.2 Å². The molecule has 0 N–H and O–H groups in total. The lowest BCUT2D eigenvalue weighted by Crippen LogP contribution is -2.17. The van der Waals surface area contributed by atoms with Gasteiger partial charge in [-0.25, -0.2) is 4.98 Å². The van der Waals surface area contributed by atoms with Crippen molar-refractivity contribution in [2.24, 2.45) is 0 Å². The molecule has 1 aliphatic heterocycles. The van der Waals surface area contributed by atoms with Gasteiger partial charge in [0.1, 0.15) is 0 Å². The number of unbranched alkanes of at least 4 members (excludes halogenated alkanes) is 5. The van der Waals surface area contributed by atoms with Gasteiger partial charge >= 0.3 is 0 Å². The summed E-state index contributed by atoms with van der Waals surface area (Å²) in [5, 5.41) is 0.945. The zero-order valence-electron chi connectivity index (χ0n) is 12.5. The predicted octanol–water partition coefficient (Wildman–Crippen LogP) is 4.90. The van der Waals surface area contributed by atoms with E-state index in [1.165, 1.54) is 32.1 Å². The third-order valence-corrected chi connectivity index (χ3v) is 5.30. The number of nitrogens with zero attached hydrogens (tertiary/aromatic N) is 2. The van der Waals surface area contributed by atoms with Crippen molar-refractivity contribution in [3.05, 3.63) is 24.3 Å². The first-order valence-electron chi connectivity index (χ1n) is 7.99. The second kappa shape index (κ2) is 6.65. The maximum Gasteiger partial charge on any atom is 0.246 e. The Hall–Kier alpha value is -1.29. The standard InChI is InChI=1S/C17H22N2OS/c1-2-3-4-5-6-7-12-15-16(20)19-14-11-9-8-10-13(14)18-17(19)21-15/h8-11,15H,2-7,12H2,1H3. The van der Waals surface area contributed by atoms with Crippen molar-refractivity contribution < 1.29 is 4.79 Å². The van der Waals surface area contributed by atoms with Crippen LogP contribution in [0.2, 0.25) is 0 Å². The van der Waals surface area contributed by atoms with E-state index in [1.54, 1.807) is 11.8 Å². The SMILES string of the molecule is CCCCCCCCC1Sc2nc3ccccc3n2C1=O. The highest BCUT2D eigenvalue weighted by atomic mass is 32.2. The van der Waals surface area contributed by atoms with E-state index in [2.05, 4.69) is 11.9 Å². The molecule has 3 nitrogen and oxygen atoms in total. The van der Waals surface area contributed by atoms with Gasteiger partial charge in [-0.2, -0.15) is 0 Å². The quantitative estimate of drug-likeness (QED) is 0.682. The van der Waals surface area contributed by atoms with Gasteiger partial charge in [-0.3, -0.25) is 9.36 Å². The molecule has 0 amide bonds. The van der Waals surface area contributed by atoms with Gasteiger partial charge in [-0.1, -0.05) is 69.3 Å². The van der Waals surface area contributed by atoms with Crippen LogP contribution in [-0.2, 0) is 0 Å². The Morgan fingerprint density at radius 1 is 1.14 bits per heavy atom. The first-order valence-corrected chi connectivity index (χ1v) is 8.87. The van der Waals surface area contributed by atoms with Crippen LogP contribution in [0.25, 0.3) is 11.0 Å². The average Bonchev–Trinajstić information content (AvgIpc) is 3.00. The van der Waals surface area contributed by atoms with Gasteiger partial charge < -0.3 is 0 Å². The van der Waals surface area contributed by atoms with Crippen LogP contribution in [0.4, 0.5) is 0 Å². The van der Waals surface area contributed by atoms with Crippen molar-refractivity contribution in [3.63, 3.8) is 0 Å². The number of carbonyl (C=O) groups excluding carboxylic acids is 1. The molecule has 4 heteroatoms. The summed E-state index contributed by atoms with van der Waals surface area (Å²) in [6.45, 7) is 2.24. The molecule has 0 bridgehead atoms. The third kappa shape index (κ3) is 3.00. The number of thioether (sulfide) groups is 1. The fourth-order valence-corrected chi connectivity index (χ4v) is 4.10. The van der Waals surface area contributed by atoms with Crippen LogP contribution in [-0.4, -0.2) is 20.7 Å². The third-order valence-electron chi connectivity index (χ3n) is 4.09. The van der Waals surface area contributed by atoms with Crippen LogP contribution in [0.3, 0.4) is 0 Å². The van der Waals surface area contributed by atoms with Crippen molar-refractivity contribution >= 4 is 28.7 Å². The Labute approximate surface area is 130 Å². The second-order valence-electron chi connectivity index (χ2n) is 5.72. The van der Waals surface area contributed by atoms with E-state index in [4.69, 9.17) is 0 Å². The lowest BCUT2D eigenvalue weighted by Gasteiger charge is -2.07. The zero-order chi connectivity index (χ0) is 14.7. The van der Waals surface area contributed by atoms with Gasteiger partial charge in [0.2, 0.25) is 5.91 Å². The van der Waals surface area contributed by atoms with Crippen molar-refractivity contribution in [2.75, 3.05) is 0 Å². The highest BCUT2D eigenvalue weighted by Crippen LogP contribution is 2.37. The van der Waals surface area contributed by atoms with Gasteiger partial charge in [0.25, 0.3) is 0 Å². The van der Waals surface area contributed by atoms with Crippen LogP contribution in [0, 0.1) is 0 Å². The first kappa shape index (κ1) is 14.6. The minimum atomic E-state index is 0.0725. The molecule has 1 unspecified atom stereocenters.